The van der Waals surface area contributed by atoms with Crippen LogP contribution in [0.1, 0.15) is 17.7 Å². The highest BCUT2D eigenvalue weighted by Gasteiger charge is 2.20. The Morgan fingerprint density at radius 2 is 2.06 bits per heavy atom. The first-order valence-electron chi connectivity index (χ1n) is 5.46. The Hall–Kier alpha value is -0.0700. The maximum Gasteiger partial charge on any atom is 0.0861 e. The molecule has 1 aromatic carbocycles. The van der Waals surface area contributed by atoms with Gasteiger partial charge in [0.15, 0.2) is 0 Å². The third-order valence-electron chi connectivity index (χ3n) is 2.37. The summed E-state index contributed by atoms with van der Waals surface area (Å²) in [4.78, 5) is 0. The average Bonchev–Trinajstić information content (AvgIpc) is 2.30. The molecule has 0 saturated heterocycles. The van der Waals surface area contributed by atoms with Crippen molar-refractivity contribution in [3.8, 4) is 0 Å². The van der Waals surface area contributed by atoms with Gasteiger partial charge >= 0.3 is 0 Å². The lowest BCUT2D eigenvalue weighted by molar-refractivity contribution is 0.113. The molecule has 0 fully saturated rings. The summed E-state index contributed by atoms with van der Waals surface area (Å²) in [6.07, 6.45) is -0.691. The van der Waals surface area contributed by atoms with Gasteiger partial charge < -0.3 is 15.9 Å². The summed E-state index contributed by atoms with van der Waals surface area (Å²) in [7, 11) is 0. The normalized spacial score (nSPS) is 16.5. The van der Waals surface area contributed by atoms with Crippen molar-refractivity contribution < 1.29 is 10.2 Å². The van der Waals surface area contributed by atoms with Crippen LogP contribution in [0.15, 0.2) is 28.7 Å². The Bertz CT molecular complexity index is 349. The second-order valence-electron chi connectivity index (χ2n) is 3.97. The second kappa shape index (κ2) is 7.38. The summed E-state index contributed by atoms with van der Waals surface area (Å²) in [5, 5.41) is 18.3. The molecule has 0 bridgehead atoms. The summed E-state index contributed by atoms with van der Waals surface area (Å²) in [5.41, 5.74) is 7.10. The van der Waals surface area contributed by atoms with Crippen molar-refractivity contribution in [2.45, 2.75) is 24.3 Å². The zero-order valence-electron chi connectivity index (χ0n) is 9.71. The van der Waals surface area contributed by atoms with Crippen LogP contribution < -0.4 is 5.73 Å². The summed E-state index contributed by atoms with van der Waals surface area (Å²) in [6, 6.07) is 7.91. The molecule has 4 N–H and O–H groups in total. The van der Waals surface area contributed by atoms with Crippen molar-refractivity contribution in [2.75, 3.05) is 12.4 Å². The van der Waals surface area contributed by atoms with E-state index in [1.54, 1.807) is 11.8 Å². The number of hydrogen-bond acceptors (Lipinski definition) is 4. The topological polar surface area (TPSA) is 66.5 Å². The van der Waals surface area contributed by atoms with Gasteiger partial charge in [0.05, 0.1) is 12.7 Å². The number of thioether (sulfide) groups is 1. The standard InChI is InChI=1S/C12H18BrNO2S/c1-8(14)12(17-7-9(16)6-15)10-4-2-3-5-11(10)13/h2-5,8-9,12,15-16H,6-7,14H2,1H3. The Morgan fingerprint density at radius 1 is 1.41 bits per heavy atom. The first-order chi connectivity index (χ1) is 8.06. The molecular formula is C12H18BrNO2S. The molecule has 0 saturated carbocycles. The van der Waals surface area contributed by atoms with Crippen LogP contribution in [0, 0.1) is 0 Å². The third kappa shape index (κ3) is 4.60. The predicted molar refractivity (Wildman–Crippen MR) is 76.1 cm³/mol. The molecule has 0 aliphatic rings. The number of rotatable bonds is 6. The SMILES string of the molecule is CC(N)C(SCC(O)CO)c1ccccc1Br. The Labute approximate surface area is 115 Å². The maximum absolute atomic E-state index is 9.38. The molecule has 0 aliphatic carbocycles. The van der Waals surface area contributed by atoms with Gasteiger partial charge in [0, 0.05) is 21.5 Å². The molecule has 96 valence electrons. The number of benzene rings is 1. The smallest absolute Gasteiger partial charge is 0.0861 e. The van der Waals surface area contributed by atoms with E-state index >= 15 is 0 Å². The van der Waals surface area contributed by atoms with Crippen LogP contribution in [0.2, 0.25) is 0 Å². The molecule has 0 heterocycles. The molecule has 3 atom stereocenters. The second-order valence-corrected chi connectivity index (χ2v) is 6.00. The zero-order chi connectivity index (χ0) is 12.8. The van der Waals surface area contributed by atoms with Gasteiger partial charge in [0.25, 0.3) is 0 Å². The van der Waals surface area contributed by atoms with E-state index in [1.807, 2.05) is 31.2 Å². The highest BCUT2D eigenvalue weighted by molar-refractivity contribution is 9.10. The minimum atomic E-state index is -0.691. The molecule has 0 aromatic heterocycles. The number of hydrogen-bond donors (Lipinski definition) is 3. The first kappa shape index (κ1) is 15.0. The fourth-order valence-corrected chi connectivity index (χ4v) is 3.40. The van der Waals surface area contributed by atoms with Gasteiger partial charge in [-0.05, 0) is 18.6 Å². The van der Waals surface area contributed by atoms with Crippen LogP contribution in [0.4, 0.5) is 0 Å². The molecule has 3 nitrogen and oxygen atoms in total. The molecule has 1 aromatic rings. The monoisotopic (exact) mass is 319 g/mol. The van der Waals surface area contributed by atoms with Crippen LogP contribution in [-0.2, 0) is 0 Å². The quantitative estimate of drug-likeness (QED) is 0.749. The van der Waals surface area contributed by atoms with Gasteiger partial charge in [-0.25, -0.2) is 0 Å². The lowest BCUT2D eigenvalue weighted by Crippen LogP contribution is -2.25. The van der Waals surface area contributed by atoms with Crippen molar-refractivity contribution >= 4 is 27.7 Å². The summed E-state index contributed by atoms with van der Waals surface area (Å²) >= 11 is 5.07. The fraction of sp³-hybridized carbons (Fsp3) is 0.500. The van der Waals surface area contributed by atoms with Crippen LogP contribution in [-0.4, -0.2) is 34.7 Å². The lowest BCUT2D eigenvalue weighted by atomic mass is 10.1. The molecule has 1 rings (SSSR count). The number of aliphatic hydroxyl groups excluding tert-OH is 2. The Balaban J connectivity index is 2.76. The fourth-order valence-electron chi connectivity index (χ4n) is 1.50. The minimum Gasteiger partial charge on any atom is -0.394 e. The molecule has 5 heteroatoms. The largest absolute Gasteiger partial charge is 0.394 e. The summed E-state index contributed by atoms with van der Waals surface area (Å²) in [5.74, 6) is 0.476. The van der Waals surface area contributed by atoms with Crippen molar-refractivity contribution in [3.63, 3.8) is 0 Å². The molecule has 0 spiro atoms. The molecule has 17 heavy (non-hydrogen) atoms. The van der Waals surface area contributed by atoms with E-state index in [4.69, 9.17) is 10.8 Å². The molecular weight excluding hydrogens is 302 g/mol. The maximum atomic E-state index is 9.38. The van der Waals surface area contributed by atoms with Crippen LogP contribution in [0.5, 0.6) is 0 Å². The van der Waals surface area contributed by atoms with E-state index in [-0.39, 0.29) is 17.9 Å². The summed E-state index contributed by atoms with van der Waals surface area (Å²) < 4.78 is 1.02. The number of halogens is 1. The molecule has 3 unspecified atom stereocenters. The number of aliphatic hydroxyl groups is 2. The van der Waals surface area contributed by atoms with Crippen molar-refractivity contribution in [1.29, 1.82) is 0 Å². The van der Waals surface area contributed by atoms with Crippen LogP contribution >= 0.6 is 27.7 Å². The van der Waals surface area contributed by atoms with E-state index in [9.17, 15) is 5.11 Å². The Kier molecular flexibility index (Phi) is 6.51. The van der Waals surface area contributed by atoms with E-state index < -0.39 is 6.10 Å². The minimum absolute atomic E-state index is 0.0235. The van der Waals surface area contributed by atoms with Gasteiger partial charge in [-0.3, -0.25) is 0 Å². The van der Waals surface area contributed by atoms with E-state index in [1.165, 1.54) is 0 Å². The molecule has 0 radical (unpaired) electrons. The van der Waals surface area contributed by atoms with Gasteiger partial charge in [-0.15, -0.1) is 11.8 Å². The van der Waals surface area contributed by atoms with Crippen LogP contribution in [0.25, 0.3) is 0 Å². The Morgan fingerprint density at radius 3 is 2.59 bits per heavy atom. The van der Waals surface area contributed by atoms with Gasteiger partial charge in [-0.2, -0.15) is 0 Å². The molecule has 0 aliphatic heterocycles. The first-order valence-corrected chi connectivity index (χ1v) is 7.31. The number of nitrogens with two attached hydrogens (primary N) is 1. The third-order valence-corrected chi connectivity index (χ3v) is 4.71. The van der Waals surface area contributed by atoms with Crippen molar-refractivity contribution in [3.05, 3.63) is 34.3 Å². The van der Waals surface area contributed by atoms with E-state index in [2.05, 4.69) is 15.9 Å². The van der Waals surface area contributed by atoms with E-state index in [0.717, 1.165) is 10.0 Å². The predicted octanol–water partition coefficient (Wildman–Crippen LogP) is 1.92. The highest BCUT2D eigenvalue weighted by Crippen LogP contribution is 2.35. The van der Waals surface area contributed by atoms with Crippen LogP contribution in [0.3, 0.4) is 0 Å². The highest BCUT2D eigenvalue weighted by atomic mass is 79.9. The zero-order valence-corrected chi connectivity index (χ0v) is 12.1. The van der Waals surface area contributed by atoms with Gasteiger partial charge in [-0.1, -0.05) is 34.1 Å². The summed E-state index contributed by atoms with van der Waals surface area (Å²) in [6.45, 7) is 1.73. The molecule has 0 amide bonds. The van der Waals surface area contributed by atoms with Gasteiger partial charge in [0.2, 0.25) is 0 Å². The average molecular weight is 320 g/mol. The van der Waals surface area contributed by atoms with Gasteiger partial charge in [0.1, 0.15) is 0 Å². The van der Waals surface area contributed by atoms with E-state index in [0.29, 0.717) is 5.75 Å². The lowest BCUT2D eigenvalue weighted by Gasteiger charge is -2.23. The van der Waals surface area contributed by atoms with Crippen molar-refractivity contribution in [1.82, 2.24) is 0 Å². The van der Waals surface area contributed by atoms with Crippen molar-refractivity contribution in [2.24, 2.45) is 5.73 Å².